The summed E-state index contributed by atoms with van der Waals surface area (Å²) in [6.45, 7) is 5.74. The quantitative estimate of drug-likeness (QED) is 0.784. The fourth-order valence-corrected chi connectivity index (χ4v) is 3.22. The minimum Gasteiger partial charge on any atom is -0.325 e. The highest BCUT2D eigenvalue weighted by molar-refractivity contribution is 6.03. The lowest BCUT2D eigenvalue weighted by Crippen LogP contribution is -2.22. The number of halogens is 3. The number of carbonyl (C=O) groups excluding carboxylic acids is 2. The van der Waals surface area contributed by atoms with Crippen molar-refractivity contribution in [3.63, 3.8) is 0 Å². The predicted octanol–water partition coefficient (Wildman–Crippen LogP) is 4.24. The van der Waals surface area contributed by atoms with Crippen molar-refractivity contribution in [3.05, 3.63) is 58.4 Å². The Balaban J connectivity index is 1.65. The van der Waals surface area contributed by atoms with Gasteiger partial charge >= 0.3 is 0 Å². The fraction of sp³-hybridized carbons (Fsp3) is 0.300. The van der Waals surface area contributed by atoms with Crippen molar-refractivity contribution in [1.82, 2.24) is 0 Å². The van der Waals surface area contributed by atoms with Gasteiger partial charge < -0.3 is 10.6 Å². The Morgan fingerprint density at radius 2 is 1.44 bits per heavy atom. The van der Waals surface area contributed by atoms with Gasteiger partial charge in [0.05, 0.1) is 17.5 Å². The van der Waals surface area contributed by atoms with Crippen molar-refractivity contribution in [3.8, 4) is 0 Å². The van der Waals surface area contributed by atoms with Gasteiger partial charge in [-0.1, -0.05) is 17.7 Å². The highest BCUT2D eigenvalue weighted by atomic mass is 19.2. The highest BCUT2D eigenvalue weighted by Crippen LogP contribution is 2.41. The second-order valence-electron chi connectivity index (χ2n) is 6.92. The standard InChI is InChI=1S/C20H19F3N2O2/c1-9-6-10(2)18(11(3)7-9)25-20(27)13-8-12(13)19(26)24-15-5-4-14(21)16(22)17(15)23/h4-7,12-13H,8H2,1-3H3,(H,24,26)(H,25,27). The van der Waals surface area contributed by atoms with Gasteiger partial charge in [-0.05, 0) is 50.5 Å². The molecule has 0 aliphatic heterocycles. The van der Waals surface area contributed by atoms with E-state index >= 15 is 0 Å². The first-order valence-corrected chi connectivity index (χ1v) is 8.52. The van der Waals surface area contributed by atoms with Gasteiger partial charge in [0.15, 0.2) is 17.5 Å². The van der Waals surface area contributed by atoms with Crippen LogP contribution in [0.4, 0.5) is 24.5 Å². The summed E-state index contributed by atoms with van der Waals surface area (Å²) in [7, 11) is 0. The molecular formula is C20H19F3N2O2. The van der Waals surface area contributed by atoms with Gasteiger partial charge in [0, 0.05) is 5.69 Å². The van der Waals surface area contributed by atoms with Gasteiger partial charge in [-0.3, -0.25) is 9.59 Å². The third-order valence-electron chi connectivity index (χ3n) is 4.68. The van der Waals surface area contributed by atoms with E-state index in [4.69, 9.17) is 0 Å². The van der Waals surface area contributed by atoms with Crippen LogP contribution in [0.15, 0.2) is 24.3 Å². The van der Waals surface area contributed by atoms with Crippen molar-refractivity contribution in [2.24, 2.45) is 11.8 Å². The topological polar surface area (TPSA) is 58.2 Å². The number of anilines is 2. The Kier molecular flexibility index (Phi) is 4.95. The molecular weight excluding hydrogens is 357 g/mol. The number of hydrogen-bond donors (Lipinski definition) is 2. The van der Waals surface area contributed by atoms with E-state index in [2.05, 4.69) is 10.6 Å². The van der Waals surface area contributed by atoms with Gasteiger partial charge in [0.2, 0.25) is 11.8 Å². The van der Waals surface area contributed by atoms with Crippen LogP contribution in [0.25, 0.3) is 0 Å². The van der Waals surface area contributed by atoms with Crippen LogP contribution >= 0.6 is 0 Å². The first-order valence-electron chi connectivity index (χ1n) is 8.52. The zero-order chi connectivity index (χ0) is 19.9. The van der Waals surface area contributed by atoms with Gasteiger partial charge in [0.25, 0.3) is 0 Å². The van der Waals surface area contributed by atoms with Crippen LogP contribution in [-0.2, 0) is 9.59 Å². The molecule has 0 bridgehead atoms. The van der Waals surface area contributed by atoms with Crippen molar-refractivity contribution in [2.45, 2.75) is 27.2 Å². The van der Waals surface area contributed by atoms with E-state index in [0.29, 0.717) is 12.1 Å². The molecule has 0 saturated heterocycles. The maximum Gasteiger partial charge on any atom is 0.228 e. The van der Waals surface area contributed by atoms with Crippen LogP contribution in [0.5, 0.6) is 0 Å². The zero-order valence-corrected chi connectivity index (χ0v) is 15.1. The third kappa shape index (κ3) is 3.82. The summed E-state index contributed by atoms with van der Waals surface area (Å²) < 4.78 is 39.9. The van der Waals surface area contributed by atoms with Crippen LogP contribution in [0.1, 0.15) is 23.1 Å². The SMILES string of the molecule is Cc1cc(C)c(NC(=O)C2CC2C(=O)Nc2ccc(F)c(F)c2F)c(C)c1. The van der Waals surface area contributed by atoms with Crippen molar-refractivity contribution >= 4 is 23.2 Å². The van der Waals surface area contributed by atoms with Crippen LogP contribution in [0.2, 0.25) is 0 Å². The molecule has 2 amide bonds. The number of rotatable bonds is 4. The molecule has 7 heteroatoms. The zero-order valence-electron chi connectivity index (χ0n) is 15.1. The molecule has 2 N–H and O–H groups in total. The summed E-state index contributed by atoms with van der Waals surface area (Å²) in [6.07, 6.45) is 0.312. The summed E-state index contributed by atoms with van der Waals surface area (Å²) in [6, 6.07) is 5.58. The van der Waals surface area contributed by atoms with Crippen LogP contribution in [0.3, 0.4) is 0 Å². The average Bonchev–Trinajstić information content (AvgIpc) is 3.39. The molecule has 142 valence electrons. The summed E-state index contributed by atoms with van der Waals surface area (Å²) in [5.74, 6) is -6.52. The van der Waals surface area contributed by atoms with E-state index in [0.717, 1.165) is 28.8 Å². The normalized spacial score (nSPS) is 18.1. The lowest BCUT2D eigenvalue weighted by Gasteiger charge is -2.13. The number of hydrogen-bond acceptors (Lipinski definition) is 2. The first kappa shape index (κ1) is 18.9. The smallest absolute Gasteiger partial charge is 0.228 e. The number of carbonyl (C=O) groups is 2. The van der Waals surface area contributed by atoms with E-state index in [-0.39, 0.29) is 5.91 Å². The third-order valence-corrected chi connectivity index (χ3v) is 4.68. The second kappa shape index (κ2) is 7.06. The molecule has 27 heavy (non-hydrogen) atoms. The highest BCUT2D eigenvalue weighted by Gasteiger charge is 2.48. The van der Waals surface area contributed by atoms with Gasteiger partial charge in [-0.15, -0.1) is 0 Å². The number of amides is 2. The summed E-state index contributed by atoms with van der Waals surface area (Å²) >= 11 is 0. The summed E-state index contributed by atoms with van der Waals surface area (Å²) in [5.41, 5.74) is 3.19. The largest absolute Gasteiger partial charge is 0.325 e. The molecule has 1 fully saturated rings. The molecule has 3 rings (SSSR count). The maximum atomic E-state index is 13.7. The number of nitrogens with one attached hydrogen (secondary N) is 2. The van der Waals surface area contributed by atoms with Gasteiger partial charge in [0.1, 0.15) is 0 Å². The average molecular weight is 376 g/mol. The molecule has 1 aliphatic carbocycles. The monoisotopic (exact) mass is 376 g/mol. The Hall–Kier alpha value is -2.83. The molecule has 2 unspecified atom stereocenters. The van der Waals surface area contributed by atoms with Gasteiger partial charge in [-0.25, -0.2) is 13.2 Å². The Morgan fingerprint density at radius 1 is 0.889 bits per heavy atom. The van der Waals surface area contributed by atoms with E-state index in [1.807, 2.05) is 32.9 Å². The Morgan fingerprint density at radius 3 is 2.04 bits per heavy atom. The van der Waals surface area contributed by atoms with Crippen LogP contribution in [0, 0.1) is 50.1 Å². The summed E-state index contributed by atoms with van der Waals surface area (Å²) in [4.78, 5) is 24.6. The molecule has 0 heterocycles. The van der Waals surface area contributed by atoms with Crippen molar-refractivity contribution in [1.29, 1.82) is 0 Å². The minimum absolute atomic E-state index is 0.295. The molecule has 0 spiro atoms. The second-order valence-corrected chi connectivity index (χ2v) is 6.92. The molecule has 2 aromatic carbocycles. The predicted molar refractivity (Wildman–Crippen MR) is 95.8 cm³/mol. The molecule has 1 aliphatic rings. The number of aryl methyl sites for hydroxylation is 3. The van der Waals surface area contributed by atoms with Crippen LogP contribution < -0.4 is 10.6 Å². The molecule has 2 aromatic rings. The lowest BCUT2D eigenvalue weighted by molar-refractivity contribution is -0.122. The van der Waals surface area contributed by atoms with E-state index < -0.39 is 40.9 Å². The first-order chi connectivity index (χ1) is 12.7. The minimum atomic E-state index is -1.65. The molecule has 0 aromatic heterocycles. The molecule has 4 nitrogen and oxygen atoms in total. The maximum absolute atomic E-state index is 13.7. The molecule has 2 atom stereocenters. The van der Waals surface area contributed by atoms with Crippen molar-refractivity contribution < 1.29 is 22.8 Å². The van der Waals surface area contributed by atoms with Gasteiger partial charge in [-0.2, -0.15) is 0 Å². The Labute approximate surface area is 154 Å². The Bertz CT molecular complexity index is 920. The van der Waals surface area contributed by atoms with Crippen molar-refractivity contribution in [2.75, 3.05) is 10.6 Å². The molecule has 0 radical (unpaired) electrons. The van der Waals surface area contributed by atoms with Crippen LogP contribution in [-0.4, -0.2) is 11.8 Å². The number of benzene rings is 2. The summed E-state index contributed by atoms with van der Waals surface area (Å²) in [5, 5.41) is 5.06. The molecule has 1 saturated carbocycles. The van der Waals surface area contributed by atoms with E-state index in [9.17, 15) is 22.8 Å². The van der Waals surface area contributed by atoms with E-state index in [1.54, 1.807) is 0 Å². The van der Waals surface area contributed by atoms with E-state index in [1.165, 1.54) is 0 Å². The fourth-order valence-electron chi connectivity index (χ4n) is 3.22. The lowest BCUT2D eigenvalue weighted by atomic mass is 10.0.